The van der Waals surface area contributed by atoms with Crippen LogP contribution in [0.2, 0.25) is 0 Å². The Morgan fingerprint density at radius 2 is 1.75 bits per heavy atom. The molecule has 0 radical (unpaired) electrons. The van der Waals surface area contributed by atoms with Crippen molar-refractivity contribution in [2.24, 2.45) is 0 Å². The third-order valence-corrected chi connectivity index (χ3v) is 6.18. The summed E-state index contributed by atoms with van der Waals surface area (Å²) in [5.41, 5.74) is 0. The fourth-order valence-electron chi connectivity index (χ4n) is 2.27. The molecule has 136 valence electrons. The van der Waals surface area contributed by atoms with E-state index in [1.165, 1.54) is 16.4 Å². The molecule has 0 bridgehead atoms. The van der Waals surface area contributed by atoms with Gasteiger partial charge in [-0.2, -0.15) is 0 Å². The molecule has 24 heavy (non-hydrogen) atoms. The fraction of sp³-hybridized carbons (Fsp3) is 0.571. The Bertz CT molecular complexity index is 776. The zero-order valence-corrected chi connectivity index (χ0v) is 15.3. The molecule has 1 aliphatic heterocycles. The van der Waals surface area contributed by atoms with Crippen LogP contribution in [0.15, 0.2) is 23.1 Å². The zero-order chi connectivity index (χ0) is 17.8. The number of hydrogen-bond donors (Lipinski definition) is 1. The Hall–Kier alpha value is -1.36. The molecule has 1 N–H and O–H groups in total. The quantitative estimate of drug-likeness (QED) is 0.703. The highest BCUT2D eigenvalue weighted by molar-refractivity contribution is 7.89. The standard InChI is InChI=1S/C14H22N2O6S2/c1-3-7-16(23(2,17)18)8-6-15-24(19,20)12-4-5-13-14(11-12)22-10-9-21-13/h4-5,11,15H,3,6-10H2,1-2H3. The number of nitrogens with one attached hydrogen (secondary N) is 1. The lowest BCUT2D eigenvalue weighted by atomic mass is 10.3. The number of ether oxygens (including phenoxy) is 2. The highest BCUT2D eigenvalue weighted by Crippen LogP contribution is 2.32. The maximum absolute atomic E-state index is 12.3. The van der Waals surface area contributed by atoms with Gasteiger partial charge in [0.2, 0.25) is 20.0 Å². The van der Waals surface area contributed by atoms with E-state index in [2.05, 4.69) is 4.72 Å². The van der Waals surface area contributed by atoms with Gasteiger partial charge in [0.25, 0.3) is 0 Å². The molecular formula is C14H22N2O6S2. The fourth-order valence-corrected chi connectivity index (χ4v) is 4.24. The van der Waals surface area contributed by atoms with Gasteiger partial charge in [0.15, 0.2) is 11.5 Å². The van der Waals surface area contributed by atoms with Gasteiger partial charge in [0.05, 0.1) is 11.2 Å². The van der Waals surface area contributed by atoms with E-state index in [0.29, 0.717) is 37.7 Å². The number of rotatable bonds is 8. The first-order chi connectivity index (χ1) is 11.2. The molecule has 0 fully saturated rings. The van der Waals surface area contributed by atoms with Gasteiger partial charge in [-0.3, -0.25) is 0 Å². The Labute approximate surface area is 142 Å². The number of sulfonamides is 2. The van der Waals surface area contributed by atoms with E-state index in [4.69, 9.17) is 9.47 Å². The zero-order valence-electron chi connectivity index (χ0n) is 13.7. The van der Waals surface area contributed by atoms with Gasteiger partial charge in [-0.05, 0) is 18.6 Å². The van der Waals surface area contributed by atoms with Crippen LogP contribution >= 0.6 is 0 Å². The molecule has 0 spiro atoms. The first-order valence-corrected chi connectivity index (χ1v) is 10.9. The lowest BCUT2D eigenvalue weighted by Crippen LogP contribution is -2.38. The Morgan fingerprint density at radius 3 is 2.38 bits per heavy atom. The van der Waals surface area contributed by atoms with E-state index in [0.717, 1.165) is 6.26 Å². The normalized spacial score (nSPS) is 14.8. The maximum Gasteiger partial charge on any atom is 0.240 e. The molecule has 0 aromatic heterocycles. The lowest BCUT2D eigenvalue weighted by Gasteiger charge is -2.20. The van der Waals surface area contributed by atoms with Crippen molar-refractivity contribution in [2.75, 3.05) is 39.1 Å². The van der Waals surface area contributed by atoms with Crippen molar-refractivity contribution in [3.8, 4) is 11.5 Å². The Kier molecular flexibility index (Phi) is 6.07. The predicted octanol–water partition coefficient (Wildman–Crippen LogP) is 0.408. The molecule has 0 saturated carbocycles. The van der Waals surface area contributed by atoms with Gasteiger partial charge >= 0.3 is 0 Å². The van der Waals surface area contributed by atoms with Gasteiger partial charge in [0, 0.05) is 25.7 Å². The molecule has 8 nitrogen and oxygen atoms in total. The SMILES string of the molecule is CCCN(CCNS(=O)(=O)c1ccc2c(c1)OCCO2)S(C)(=O)=O. The molecule has 10 heteroatoms. The van der Waals surface area contributed by atoms with Crippen LogP contribution in [0.4, 0.5) is 0 Å². The summed E-state index contributed by atoms with van der Waals surface area (Å²) in [6.45, 7) is 3.07. The number of benzene rings is 1. The van der Waals surface area contributed by atoms with E-state index in [-0.39, 0.29) is 18.0 Å². The molecular weight excluding hydrogens is 356 g/mol. The van der Waals surface area contributed by atoms with Gasteiger partial charge in [-0.15, -0.1) is 0 Å². The minimum Gasteiger partial charge on any atom is -0.486 e. The van der Waals surface area contributed by atoms with Crippen LogP contribution in [0.25, 0.3) is 0 Å². The highest BCUT2D eigenvalue weighted by atomic mass is 32.2. The average Bonchev–Trinajstić information content (AvgIpc) is 2.52. The molecule has 0 aliphatic carbocycles. The molecule has 0 amide bonds. The minimum atomic E-state index is -3.76. The molecule has 0 saturated heterocycles. The van der Waals surface area contributed by atoms with Crippen LogP contribution in [-0.2, 0) is 20.0 Å². The van der Waals surface area contributed by atoms with Crippen molar-refractivity contribution >= 4 is 20.0 Å². The topological polar surface area (TPSA) is 102 Å². The molecule has 1 aliphatic rings. The largest absolute Gasteiger partial charge is 0.486 e. The number of hydrogen-bond acceptors (Lipinski definition) is 6. The average molecular weight is 378 g/mol. The second-order valence-corrected chi connectivity index (χ2v) is 9.11. The second-order valence-electron chi connectivity index (χ2n) is 5.37. The Morgan fingerprint density at radius 1 is 1.08 bits per heavy atom. The minimum absolute atomic E-state index is 0.0101. The Balaban J connectivity index is 2.03. The van der Waals surface area contributed by atoms with Crippen molar-refractivity contribution in [3.05, 3.63) is 18.2 Å². The van der Waals surface area contributed by atoms with E-state index < -0.39 is 20.0 Å². The third-order valence-electron chi connectivity index (χ3n) is 3.42. The van der Waals surface area contributed by atoms with Crippen molar-refractivity contribution in [1.29, 1.82) is 0 Å². The predicted molar refractivity (Wildman–Crippen MR) is 89.3 cm³/mol. The van der Waals surface area contributed by atoms with E-state index in [1.807, 2.05) is 6.92 Å². The van der Waals surface area contributed by atoms with Crippen LogP contribution < -0.4 is 14.2 Å². The molecule has 1 heterocycles. The number of fused-ring (bicyclic) bond motifs is 1. The summed E-state index contributed by atoms with van der Waals surface area (Å²) in [6, 6.07) is 4.37. The monoisotopic (exact) mass is 378 g/mol. The van der Waals surface area contributed by atoms with Crippen LogP contribution in [0.3, 0.4) is 0 Å². The highest BCUT2D eigenvalue weighted by Gasteiger charge is 2.20. The first-order valence-electron chi connectivity index (χ1n) is 7.58. The smallest absolute Gasteiger partial charge is 0.240 e. The summed E-state index contributed by atoms with van der Waals surface area (Å²) in [6.07, 6.45) is 1.76. The third kappa shape index (κ3) is 4.82. The van der Waals surface area contributed by atoms with Gasteiger partial charge in [-0.1, -0.05) is 6.92 Å². The molecule has 2 rings (SSSR count). The lowest BCUT2D eigenvalue weighted by molar-refractivity contribution is 0.171. The van der Waals surface area contributed by atoms with Gasteiger partial charge < -0.3 is 9.47 Å². The molecule has 0 atom stereocenters. The number of nitrogens with zero attached hydrogens (tertiary/aromatic N) is 1. The molecule has 1 aromatic rings. The summed E-state index contributed by atoms with van der Waals surface area (Å²) in [5, 5.41) is 0. The van der Waals surface area contributed by atoms with Crippen LogP contribution in [0.1, 0.15) is 13.3 Å². The summed E-state index contributed by atoms with van der Waals surface area (Å²) in [4.78, 5) is 0.0492. The van der Waals surface area contributed by atoms with Crippen LogP contribution in [-0.4, -0.2) is 60.2 Å². The van der Waals surface area contributed by atoms with Gasteiger partial charge in [-0.25, -0.2) is 25.9 Å². The van der Waals surface area contributed by atoms with Crippen molar-refractivity contribution in [2.45, 2.75) is 18.2 Å². The van der Waals surface area contributed by atoms with Crippen LogP contribution in [0.5, 0.6) is 11.5 Å². The van der Waals surface area contributed by atoms with Crippen molar-refractivity contribution < 1.29 is 26.3 Å². The van der Waals surface area contributed by atoms with Gasteiger partial charge in [0.1, 0.15) is 13.2 Å². The summed E-state index contributed by atoms with van der Waals surface area (Å²) < 4.78 is 62.3. The summed E-state index contributed by atoms with van der Waals surface area (Å²) in [5.74, 6) is 0.888. The molecule has 1 aromatic carbocycles. The van der Waals surface area contributed by atoms with Crippen LogP contribution in [0, 0.1) is 0 Å². The van der Waals surface area contributed by atoms with E-state index in [1.54, 1.807) is 6.07 Å². The second kappa shape index (κ2) is 7.68. The van der Waals surface area contributed by atoms with Crippen molar-refractivity contribution in [1.82, 2.24) is 9.03 Å². The van der Waals surface area contributed by atoms with E-state index in [9.17, 15) is 16.8 Å². The molecule has 0 unspecified atom stereocenters. The first kappa shape index (κ1) is 19.0. The van der Waals surface area contributed by atoms with E-state index >= 15 is 0 Å². The maximum atomic E-state index is 12.3. The summed E-state index contributed by atoms with van der Waals surface area (Å²) in [7, 11) is -7.12. The summed E-state index contributed by atoms with van der Waals surface area (Å²) >= 11 is 0. The van der Waals surface area contributed by atoms with Crippen molar-refractivity contribution in [3.63, 3.8) is 0 Å².